The minimum absolute atomic E-state index is 0.0576. The van der Waals surface area contributed by atoms with Crippen molar-refractivity contribution in [1.82, 2.24) is 0 Å². The number of rotatable bonds is 5. The molecule has 0 saturated carbocycles. The summed E-state index contributed by atoms with van der Waals surface area (Å²) in [5.74, 6) is -0.407. The summed E-state index contributed by atoms with van der Waals surface area (Å²) in [6.07, 6.45) is 0. The number of hydrogen-bond donors (Lipinski definition) is 2. The van der Waals surface area contributed by atoms with E-state index in [0.717, 1.165) is 11.1 Å². The zero-order valence-electron chi connectivity index (χ0n) is 16.3. The first-order chi connectivity index (χ1) is 13.7. The molecule has 29 heavy (non-hydrogen) atoms. The number of nitrogens with one attached hydrogen (secondary N) is 2. The van der Waals surface area contributed by atoms with E-state index in [4.69, 9.17) is 11.6 Å². The molecule has 0 aliphatic carbocycles. The monoisotopic (exact) mass is 428 g/mol. The van der Waals surface area contributed by atoms with Gasteiger partial charge in [-0.15, -0.1) is 0 Å². The fourth-order valence-corrected chi connectivity index (χ4v) is 4.33. The average Bonchev–Trinajstić information content (AvgIpc) is 2.66. The molecule has 5 nitrogen and oxygen atoms in total. The average molecular weight is 429 g/mol. The summed E-state index contributed by atoms with van der Waals surface area (Å²) in [4.78, 5) is 12.6. The molecule has 3 rings (SSSR count). The van der Waals surface area contributed by atoms with Crippen molar-refractivity contribution < 1.29 is 13.2 Å². The predicted molar refractivity (Wildman–Crippen MR) is 117 cm³/mol. The molecule has 1 amide bonds. The van der Waals surface area contributed by atoms with E-state index in [0.29, 0.717) is 22.0 Å². The highest BCUT2D eigenvalue weighted by Gasteiger charge is 2.20. The van der Waals surface area contributed by atoms with E-state index in [1.165, 1.54) is 6.07 Å². The molecule has 0 heterocycles. The minimum atomic E-state index is -3.87. The van der Waals surface area contributed by atoms with Crippen LogP contribution in [0.1, 0.15) is 27.0 Å². The van der Waals surface area contributed by atoms with Crippen LogP contribution >= 0.6 is 11.6 Å². The Bertz CT molecular complexity index is 1170. The summed E-state index contributed by atoms with van der Waals surface area (Å²) in [6.45, 7) is 5.42. The fraction of sp³-hybridized carbons (Fsp3) is 0.136. The predicted octanol–water partition coefficient (Wildman–Crippen LogP) is 5.32. The van der Waals surface area contributed by atoms with Crippen LogP contribution < -0.4 is 10.0 Å². The first kappa shape index (κ1) is 20.9. The second-order valence-electron chi connectivity index (χ2n) is 6.87. The molecule has 0 atom stereocenters. The molecular formula is C22H21ClN2O3S. The van der Waals surface area contributed by atoms with E-state index < -0.39 is 15.9 Å². The van der Waals surface area contributed by atoms with Gasteiger partial charge in [0.25, 0.3) is 15.9 Å². The number of hydrogen-bond acceptors (Lipinski definition) is 3. The maximum Gasteiger partial charge on any atom is 0.262 e. The molecule has 0 unspecified atom stereocenters. The van der Waals surface area contributed by atoms with Crippen LogP contribution in [0.25, 0.3) is 0 Å². The standard InChI is InChI=1S/C22H21ClN2O3S/c1-14-4-5-15(2)20(12-14)25-29(27,28)21-13-17(7-6-16(21)3)22(26)24-19-10-8-18(23)9-11-19/h4-13,25H,1-3H3,(H,24,26). The molecule has 0 aliphatic heterocycles. The first-order valence-corrected chi connectivity index (χ1v) is 10.8. The van der Waals surface area contributed by atoms with Crippen LogP contribution in [0, 0.1) is 20.8 Å². The molecule has 0 bridgehead atoms. The Morgan fingerprint density at radius 2 is 1.52 bits per heavy atom. The van der Waals surface area contributed by atoms with Gasteiger partial charge in [-0.25, -0.2) is 8.42 Å². The number of benzene rings is 3. The van der Waals surface area contributed by atoms with Crippen LogP contribution in [-0.4, -0.2) is 14.3 Å². The van der Waals surface area contributed by atoms with E-state index >= 15 is 0 Å². The van der Waals surface area contributed by atoms with Gasteiger partial charge in [0.15, 0.2) is 0 Å². The number of amides is 1. The van der Waals surface area contributed by atoms with Crippen molar-refractivity contribution in [3.8, 4) is 0 Å². The fourth-order valence-electron chi connectivity index (χ4n) is 2.81. The van der Waals surface area contributed by atoms with Crippen LogP contribution in [0.4, 0.5) is 11.4 Å². The van der Waals surface area contributed by atoms with Crippen molar-refractivity contribution in [2.24, 2.45) is 0 Å². The second kappa shape index (κ2) is 8.27. The molecule has 0 saturated heterocycles. The van der Waals surface area contributed by atoms with Crippen molar-refractivity contribution >= 4 is 38.9 Å². The van der Waals surface area contributed by atoms with E-state index in [2.05, 4.69) is 10.0 Å². The Kier molecular flexibility index (Phi) is 5.96. The third kappa shape index (κ3) is 4.96. The van der Waals surface area contributed by atoms with Crippen molar-refractivity contribution in [3.05, 3.63) is 87.9 Å². The Labute approximate surface area is 175 Å². The first-order valence-electron chi connectivity index (χ1n) is 8.93. The Hall–Kier alpha value is -2.83. The van der Waals surface area contributed by atoms with Crippen molar-refractivity contribution in [2.45, 2.75) is 25.7 Å². The maximum absolute atomic E-state index is 13.0. The molecule has 3 aromatic rings. The SMILES string of the molecule is Cc1ccc(C)c(NS(=O)(=O)c2cc(C(=O)Nc3ccc(Cl)cc3)ccc2C)c1. The van der Waals surface area contributed by atoms with Crippen molar-refractivity contribution in [2.75, 3.05) is 10.0 Å². The van der Waals surface area contributed by atoms with Gasteiger partial charge in [-0.2, -0.15) is 0 Å². The van der Waals surface area contributed by atoms with Crippen LogP contribution in [-0.2, 0) is 10.0 Å². The number of anilines is 2. The van der Waals surface area contributed by atoms with Gasteiger partial charge in [0, 0.05) is 16.3 Å². The van der Waals surface area contributed by atoms with Gasteiger partial charge in [0.2, 0.25) is 0 Å². The molecule has 3 aromatic carbocycles. The topological polar surface area (TPSA) is 75.3 Å². The van der Waals surface area contributed by atoms with Gasteiger partial charge in [-0.05, 0) is 79.9 Å². The lowest BCUT2D eigenvalue weighted by Crippen LogP contribution is -2.17. The van der Waals surface area contributed by atoms with Crippen LogP contribution in [0.3, 0.4) is 0 Å². The molecule has 0 fully saturated rings. The summed E-state index contributed by atoms with van der Waals surface area (Å²) >= 11 is 5.85. The van der Waals surface area contributed by atoms with Gasteiger partial charge in [-0.3, -0.25) is 9.52 Å². The zero-order chi connectivity index (χ0) is 21.2. The van der Waals surface area contributed by atoms with Crippen LogP contribution in [0.15, 0.2) is 65.6 Å². The quantitative estimate of drug-likeness (QED) is 0.577. The van der Waals surface area contributed by atoms with Gasteiger partial charge in [0.05, 0.1) is 10.6 Å². The number of sulfonamides is 1. The smallest absolute Gasteiger partial charge is 0.262 e. The van der Waals surface area contributed by atoms with E-state index in [-0.39, 0.29) is 10.5 Å². The summed E-state index contributed by atoms with van der Waals surface area (Å²) in [5, 5.41) is 3.30. The molecular weight excluding hydrogens is 408 g/mol. The maximum atomic E-state index is 13.0. The Morgan fingerprint density at radius 1 is 0.862 bits per heavy atom. The number of halogens is 1. The molecule has 0 radical (unpaired) electrons. The van der Waals surface area contributed by atoms with E-state index in [1.807, 2.05) is 26.0 Å². The number of carbonyl (C=O) groups excluding carboxylic acids is 1. The normalized spacial score (nSPS) is 11.2. The third-order valence-corrected chi connectivity index (χ3v) is 6.24. The highest BCUT2D eigenvalue weighted by Crippen LogP contribution is 2.24. The third-order valence-electron chi connectivity index (χ3n) is 4.48. The lowest BCUT2D eigenvalue weighted by atomic mass is 10.1. The molecule has 0 aliphatic rings. The molecule has 150 valence electrons. The largest absolute Gasteiger partial charge is 0.322 e. The summed E-state index contributed by atoms with van der Waals surface area (Å²) in [5.41, 5.74) is 3.63. The highest BCUT2D eigenvalue weighted by molar-refractivity contribution is 7.92. The minimum Gasteiger partial charge on any atom is -0.322 e. The van der Waals surface area contributed by atoms with E-state index in [9.17, 15) is 13.2 Å². The molecule has 0 aromatic heterocycles. The molecule has 0 spiro atoms. The second-order valence-corrected chi connectivity index (χ2v) is 8.95. The lowest BCUT2D eigenvalue weighted by molar-refractivity contribution is 0.102. The van der Waals surface area contributed by atoms with Crippen LogP contribution in [0.5, 0.6) is 0 Å². The van der Waals surface area contributed by atoms with Gasteiger partial charge < -0.3 is 5.32 Å². The van der Waals surface area contributed by atoms with E-state index in [1.54, 1.807) is 49.4 Å². The lowest BCUT2D eigenvalue weighted by Gasteiger charge is -2.14. The van der Waals surface area contributed by atoms with Gasteiger partial charge in [0.1, 0.15) is 0 Å². The number of aryl methyl sites for hydroxylation is 3. The summed E-state index contributed by atoms with van der Waals surface area (Å²) in [6, 6.07) is 16.8. The summed E-state index contributed by atoms with van der Waals surface area (Å²) < 4.78 is 28.6. The number of carbonyl (C=O) groups is 1. The summed E-state index contributed by atoms with van der Waals surface area (Å²) in [7, 11) is -3.87. The van der Waals surface area contributed by atoms with Gasteiger partial charge >= 0.3 is 0 Å². The van der Waals surface area contributed by atoms with Crippen molar-refractivity contribution in [3.63, 3.8) is 0 Å². The van der Waals surface area contributed by atoms with Crippen molar-refractivity contribution in [1.29, 1.82) is 0 Å². The Morgan fingerprint density at radius 3 is 2.21 bits per heavy atom. The molecule has 2 N–H and O–H groups in total. The Balaban J connectivity index is 1.90. The van der Waals surface area contributed by atoms with Gasteiger partial charge in [-0.1, -0.05) is 29.8 Å². The van der Waals surface area contributed by atoms with Crippen LogP contribution in [0.2, 0.25) is 5.02 Å². The molecule has 7 heteroatoms. The zero-order valence-corrected chi connectivity index (χ0v) is 17.9. The highest BCUT2D eigenvalue weighted by atomic mass is 35.5.